The molecule has 0 aliphatic rings. The van der Waals surface area contributed by atoms with Crippen molar-refractivity contribution in [1.29, 1.82) is 0 Å². The van der Waals surface area contributed by atoms with Crippen molar-refractivity contribution in [3.05, 3.63) is 34.3 Å². The highest BCUT2D eigenvalue weighted by Gasteiger charge is 2.24. The summed E-state index contributed by atoms with van der Waals surface area (Å²) in [7, 11) is 4.89. The van der Waals surface area contributed by atoms with E-state index in [-0.39, 0.29) is 5.97 Å². The largest absolute Gasteiger partial charge is 0.468 e. The van der Waals surface area contributed by atoms with Crippen molar-refractivity contribution in [1.82, 2.24) is 9.88 Å². The van der Waals surface area contributed by atoms with E-state index in [1.54, 1.807) is 37.2 Å². The molecule has 0 amide bonds. The number of hydrogen-bond acceptors (Lipinski definition) is 5. The molecule has 0 aliphatic heterocycles. The van der Waals surface area contributed by atoms with Crippen molar-refractivity contribution in [2.24, 2.45) is 0 Å². The van der Waals surface area contributed by atoms with E-state index in [0.29, 0.717) is 16.7 Å². The summed E-state index contributed by atoms with van der Waals surface area (Å²) >= 11 is 0. The quantitative estimate of drug-likeness (QED) is 0.819. The van der Waals surface area contributed by atoms with Gasteiger partial charge in [0.05, 0.1) is 12.6 Å². The number of benzene rings is 1. The van der Waals surface area contributed by atoms with Gasteiger partial charge in [-0.2, -0.15) is 0 Å². The molecule has 0 radical (unpaired) electrons. The molecular weight excluding hydrogens is 236 g/mol. The van der Waals surface area contributed by atoms with Crippen LogP contribution in [-0.4, -0.2) is 37.1 Å². The first kappa shape index (κ1) is 12.4. The molecule has 1 heterocycles. The average molecular weight is 250 g/mol. The van der Waals surface area contributed by atoms with Gasteiger partial charge in [0.2, 0.25) is 0 Å². The summed E-state index contributed by atoms with van der Waals surface area (Å²) in [5, 5.41) is 0. The van der Waals surface area contributed by atoms with Crippen LogP contribution in [0.1, 0.15) is 11.6 Å². The number of ether oxygens (including phenoxy) is 1. The number of nitrogens with one attached hydrogen (secondary N) is 1. The number of fused-ring (bicyclic) bond motifs is 1. The number of aromatic amines is 1. The Kier molecular flexibility index (Phi) is 3.20. The van der Waals surface area contributed by atoms with Gasteiger partial charge in [-0.1, -0.05) is 6.07 Å². The predicted molar refractivity (Wildman–Crippen MR) is 65.3 cm³/mol. The molecule has 1 aromatic carbocycles. The van der Waals surface area contributed by atoms with Crippen LogP contribution in [0.2, 0.25) is 0 Å². The molecule has 1 unspecified atom stereocenters. The zero-order valence-electron chi connectivity index (χ0n) is 10.4. The number of carbonyl (C=O) groups excluding carboxylic acids is 1. The molecular formula is C12H14N2O4. The topological polar surface area (TPSA) is 75.5 Å². The van der Waals surface area contributed by atoms with Crippen LogP contribution >= 0.6 is 0 Å². The van der Waals surface area contributed by atoms with Crippen molar-refractivity contribution in [3.8, 4) is 0 Å². The molecule has 1 atom stereocenters. The molecule has 1 aromatic heterocycles. The van der Waals surface area contributed by atoms with Crippen LogP contribution in [0.5, 0.6) is 0 Å². The van der Waals surface area contributed by atoms with Crippen LogP contribution in [0.15, 0.2) is 27.4 Å². The van der Waals surface area contributed by atoms with E-state index in [0.717, 1.165) is 0 Å². The van der Waals surface area contributed by atoms with Gasteiger partial charge in [0.1, 0.15) is 6.04 Å². The van der Waals surface area contributed by atoms with Crippen LogP contribution in [0.4, 0.5) is 0 Å². The average Bonchev–Trinajstić information content (AvgIpc) is 2.68. The first-order valence-electron chi connectivity index (χ1n) is 5.40. The SMILES string of the molecule is COC(=O)C(c1ccc2[nH]c(=O)oc2c1)N(C)C. The third-order valence-electron chi connectivity index (χ3n) is 2.70. The van der Waals surface area contributed by atoms with E-state index in [4.69, 9.17) is 9.15 Å². The number of nitrogens with zero attached hydrogens (tertiary/aromatic N) is 1. The molecule has 0 saturated heterocycles. The monoisotopic (exact) mass is 250 g/mol. The number of H-pyrrole nitrogens is 1. The lowest BCUT2D eigenvalue weighted by atomic mass is 10.1. The number of esters is 1. The van der Waals surface area contributed by atoms with Crippen LogP contribution in [0.25, 0.3) is 11.1 Å². The summed E-state index contributed by atoms with van der Waals surface area (Å²) in [6.07, 6.45) is 0. The first-order chi connectivity index (χ1) is 8.52. The summed E-state index contributed by atoms with van der Waals surface area (Å²) < 4.78 is 9.73. The maximum atomic E-state index is 11.7. The van der Waals surface area contributed by atoms with E-state index >= 15 is 0 Å². The summed E-state index contributed by atoms with van der Waals surface area (Å²) in [4.78, 5) is 27.1. The standard InChI is InChI=1S/C12H14N2O4/c1-14(2)10(11(15)17-3)7-4-5-8-9(6-7)18-12(16)13-8/h4-6,10H,1-3H3,(H,13,16). The molecule has 0 spiro atoms. The van der Waals surface area contributed by atoms with Crippen molar-refractivity contribution in [2.75, 3.05) is 21.2 Å². The van der Waals surface area contributed by atoms with E-state index in [1.807, 2.05) is 0 Å². The maximum absolute atomic E-state index is 11.7. The zero-order valence-corrected chi connectivity index (χ0v) is 10.4. The Morgan fingerprint density at radius 1 is 1.44 bits per heavy atom. The van der Waals surface area contributed by atoms with Gasteiger partial charge in [0.25, 0.3) is 0 Å². The summed E-state index contributed by atoms with van der Waals surface area (Å²) in [6, 6.07) is 4.60. The third-order valence-corrected chi connectivity index (χ3v) is 2.70. The van der Waals surface area contributed by atoms with Crippen molar-refractivity contribution < 1.29 is 13.9 Å². The molecule has 96 valence electrons. The Balaban J connectivity index is 2.50. The number of methoxy groups -OCH3 is 1. The molecule has 6 heteroatoms. The normalized spacial score (nSPS) is 12.9. The van der Waals surface area contributed by atoms with Crippen molar-refractivity contribution >= 4 is 17.1 Å². The first-order valence-corrected chi connectivity index (χ1v) is 5.40. The van der Waals surface area contributed by atoms with Gasteiger partial charge in [0, 0.05) is 0 Å². The van der Waals surface area contributed by atoms with Crippen LogP contribution in [0, 0.1) is 0 Å². The minimum absolute atomic E-state index is 0.364. The Morgan fingerprint density at radius 2 is 2.17 bits per heavy atom. The fourth-order valence-electron chi connectivity index (χ4n) is 1.89. The van der Waals surface area contributed by atoms with Gasteiger partial charge in [-0.05, 0) is 31.8 Å². The van der Waals surface area contributed by atoms with E-state index < -0.39 is 11.8 Å². The lowest BCUT2D eigenvalue weighted by molar-refractivity contribution is -0.146. The Hall–Kier alpha value is -2.08. The smallest absolute Gasteiger partial charge is 0.417 e. The van der Waals surface area contributed by atoms with E-state index in [9.17, 15) is 9.59 Å². The summed E-state index contributed by atoms with van der Waals surface area (Å²) in [5.74, 6) is -0.876. The maximum Gasteiger partial charge on any atom is 0.417 e. The van der Waals surface area contributed by atoms with Gasteiger partial charge in [-0.15, -0.1) is 0 Å². The number of oxazole rings is 1. The van der Waals surface area contributed by atoms with Gasteiger partial charge >= 0.3 is 11.7 Å². The summed E-state index contributed by atoms with van der Waals surface area (Å²) in [6.45, 7) is 0. The molecule has 0 aliphatic carbocycles. The van der Waals surface area contributed by atoms with Gasteiger partial charge in [0.15, 0.2) is 5.58 Å². The fraction of sp³-hybridized carbons (Fsp3) is 0.333. The van der Waals surface area contributed by atoms with E-state index in [2.05, 4.69) is 4.98 Å². The van der Waals surface area contributed by atoms with Crippen molar-refractivity contribution in [3.63, 3.8) is 0 Å². The molecule has 0 saturated carbocycles. The van der Waals surface area contributed by atoms with Crippen LogP contribution in [-0.2, 0) is 9.53 Å². The minimum Gasteiger partial charge on any atom is -0.468 e. The Labute approximate surface area is 103 Å². The van der Waals surface area contributed by atoms with Gasteiger partial charge in [-0.25, -0.2) is 9.59 Å². The highest BCUT2D eigenvalue weighted by Crippen LogP contribution is 2.23. The molecule has 1 N–H and O–H groups in total. The highest BCUT2D eigenvalue weighted by atomic mass is 16.5. The summed E-state index contributed by atoms with van der Waals surface area (Å²) in [5.41, 5.74) is 1.74. The minimum atomic E-state index is -0.528. The zero-order chi connectivity index (χ0) is 13.3. The van der Waals surface area contributed by atoms with Crippen LogP contribution in [0.3, 0.4) is 0 Å². The van der Waals surface area contributed by atoms with Crippen LogP contribution < -0.4 is 5.76 Å². The van der Waals surface area contributed by atoms with Gasteiger partial charge < -0.3 is 9.15 Å². The lowest BCUT2D eigenvalue weighted by Gasteiger charge is -2.21. The Morgan fingerprint density at radius 3 is 2.78 bits per heavy atom. The second-order valence-corrected chi connectivity index (χ2v) is 4.16. The molecule has 6 nitrogen and oxygen atoms in total. The number of aromatic nitrogens is 1. The second kappa shape index (κ2) is 4.66. The fourth-order valence-corrected chi connectivity index (χ4v) is 1.89. The van der Waals surface area contributed by atoms with Crippen molar-refractivity contribution in [2.45, 2.75) is 6.04 Å². The molecule has 0 fully saturated rings. The molecule has 2 aromatic rings. The molecule has 0 bridgehead atoms. The second-order valence-electron chi connectivity index (χ2n) is 4.16. The number of rotatable bonds is 3. The number of carbonyl (C=O) groups is 1. The lowest BCUT2D eigenvalue weighted by Crippen LogP contribution is -2.28. The highest BCUT2D eigenvalue weighted by molar-refractivity contribution is 5.80. The number of likely N-dealkylation sites (N-methyl/N-ethyl adjacent to an activating group) is 1. The Bertz CT molecular complexity index is 626. The third kappa shape index (κ3) is 2.14. The van der Waals surface area contributed by atoms with Gasteiger partial charge in [-0.3, -0.25) is 9.88 Å². The molecule has 18 heavy (non-hydrogen) atoms. The van der Waals surface area contributed by atoms with E-state index in [1.165, 1.54) is 7.11 Å². The molecule has 2 rings (SSSR count). The predicted octanol–water partition coefficient (Wildman–Crippen LogP) is 0.897. The number of hydrogen-bond donors (Lipinski definition) is 1.